The van der Waals surface area contributed by atoms with Gasteiger partial charge in [0.25, 0.3) is 0 Å². The van der Waals surface area contributed by atoms with E-state index in [1.54, 1.807) is 6.92 Å². The number of ether oxygens (including phenoxy) is 1. The van der Waals surface area contributed by atoms with Gasteiger partial charge in [0.05, 0.1) is 13.0 Å². The smallest absolute Gasteiger partial charge is 0.309 e. The van der Waals surface area contributed by atoms with Crippen LogP contribution in [0, 0.1) is 11.8 Å². The molecule has 17 heavy (non-hydrogen) atoms. The fraction of sp³-hybridized carbons (Fsp3) is 0.923. The van der Waals surface area contributed by atoms with Crippen LogP contribution in [0.4, 0.5) is 0 Å². The molecule has 4 heteroatoms. The molecule has 0 aromatic carbocycles. The van der Waals surface area contributed by atoms with Gasteiger partial charge in [-0.1, -0.05) is 40.0 Å². The maximum absolute atomic E-state index is 11.9. The summed E-state index contributed by atoms with van der Waals surface area (Å²) in [4.78, 5) is 11.2. The highest BCUT2D eigenvalue weighted by Crippen LogP contribution is 2.15. The van der Waals surface area contributed by atoms with Crippen molar-refractivity contribution in [3.8, 4) is 0 Å². The number of hydrogen-bond donors (Lipinski definition) is 0. The summed E-state index contributed by atoms with van der Waals surface area (Å²) in [5.74, 6) is 1.15. The first-order chi connectivity index (χ1) is 8.04. The van der Waals surface area contributed by atoms with E-state index < -0.39 is 10.8 Å². The van der Waals surface area contributed by atoms with Crippen LogP contribution in [0.3, 0.4) is 0 Å². The lowest BCUT2D eigenvalue weighted by Gasteiger charge is -2.15. The lowest BCUT2D eigenvalue weighted by molar-refractivity contribution is -0.144. The molecule has 3 nitrogen and oxygen atoms in total. The Morgan fingerprint density at radius 3 is 2.41 bits per heavy atom. The lowest BCUT2D eigenvalue weighted by atomic mass is 10.0. The highest BCUT2D eigenvalue weighted by Gasteiger charge is 2.18. The number of esters is 1. The number of carbonyl (C=O) groups is 1. The maximum Gasteiger partial charge on any atom is 0.309 e. The molecule has 0 N–H and O–H groups in total. The highest BCUT2D eigenvalue weighted by molar-refractivity contribution is 7.85. The zero-order valence-electron chi connectivity index (χ0n) is 11.5. The second-order valence-electron chi connectivity index (χ2n) is 4.61. The van der Waals surface area contributed by atoms with Crippen molar-refractivity contribution in [2.75, 3.05) is 18.6 Å². The molecule has 0 saturated heterocycles. The standard InChI is InChI=1S/C13H26O3S/c1-5-7-8-12(6-2)10-17(15)9-11(3)13(14)16-4/h11-12H,5-10H2,1-4H3. The Morgan fingerprint density at radius 2 is 1.94 bits per heavy atom. The Morgan fingerprint density at radius 1 is 1.29 bits per heavy atom. The minimum Gasteiger partial charge on any atom is -0.469 e. The molecule has 0 heterocycles. The van der Waals surface area contributed by atoms with E-state index in [1.807, 2.05) is 0 Å². The summed E-state index contributed by atoms with van der Waals surface area (Å²) in [7, 11) is 0.466. The zero-order chi connectivity index (χ0) is 13.3. The van der Waals surface area contributed by atoms with E-state index in [9.17, 15) is 9.00 Å². The fourth-order valence-corrected chi connectivity index (χ4v) is 3.54. The van der Waals surface area contributed by atoms with Crippen molar-refractivity contribution in [1.82, 2.24) is 0 Å². The number of unbranched alkanes of at least 4 members (excludes halogenated alkanes) is 1. The Balaban J connectivity index is 4.01. The molecule has 0 aliphatic rings. The quantitative estimate of drug-likeness (QED) is 0.600. The van der Waals surface area contributed by atoms with Crippen LogP contribution in [-0.4, -0.2) is 28.8 Å². The number of carbonyl (C=O) groups excluding carboxylic acids is 1. The lowest BCUT2D eigenvalue weighted by Crippen LogP contribution is -2.22. The summed E-state index contributed by atoms with van der Waals surface area (Å²) in [6, 6.07) is 0. The van der Waals surface area contributed by atoms with Crippen molar-refractivity contribution < 1.29 is 13.7 Å². The van der Waals surface area contributed by atoms with Crippen molar-refractivity contribution in [3.63, 3.8) is 0 Å². The van der Waals surface area contributed by atoms with Crippen molar-refractivity contribution in [2.45, 2.75) is 46.5 Å². The minimum atomic E-state index is -0.907. The Labute approximate surface area is 108 Å². The van der Waals surface area contributed by atoms with Gasteiger partial charge in [-0.2, -0.15) is 0 Å². The average Bonchev–Trinajstić information content (AvgIpc) is 2.32. The third kappa shape index (κ3) is 7.53. The Kier molecular flexibility index (Phi) is 9.41. The van der Waals surface area contributed by atoms with E-state index in [1.165, 1.54) is 20.0 Å². The molecule has 0 fully saturated rings. The van der Waals surface area contributed by atoms with Crippen LogP contribution in [0.5, 0.6) is 0 Å². The Hall–Kier alpha value is -0.380. The third-order valence-electron chi connectivity index (χ3n) is 3.00. The predicted molar refractivity (Wildman–Crippen MR) is 72.4 cm³/mol. The van der Waals surface area contributed by atoms with Crippen molar-refractivity contribution in [1.29, 1.82) is 0 Å². The van der Waals surface area contributed by atoms with E-state index in [0.29, 0.717) is 11.7 Å². The van der Waals surface area contributed by atoms with Gasteiger partial charge in [-0.05, 0) is 12.3 Å². The molecular formula is C13H26O3S. The fourth-order valence-electron chi connectivity index (χ4n) is 1.78. The van der Waals surface area contributed by atoms with Crippen molar-refractivity contribution >= 4 is 16.8 Å². The first-order valence-corrected chi connectivity index (χ1v) is 7.96. The zero-order valence-corrected chi connectivity index (χ0v) is 12.3. The second kappa shape index (κ2) is 9.63. The molecule has 0 aliphatic carbocycles. The molecule has 0 aromatic rings. The van der Waals surface area contributed by atoms with E-state index in [0.717, 1.165) is 18.6 Å². The average molecular weight is 262 g/mol. The molecule has 0 spiro atoms. The summed E-state index contributed by atoms with van der Waals surface area (Å²) in [6.07, 6.45) is 4.59. The molecule has 3 unspecified atom stereocenters. The first kappa shape index (κ1) is 16.6. The van der Waals surface area contributed by atoms with Gasteiger partial charge >= 0.3 is 5.97 Å². The molecular weight excluding hydrogens is 236 g/mol. The number of hydrogen-bond acceptors (Lipinski definition) is 3. The molecule has 3 atom stereocenters. The van der Waals surface area contributed by atoms with Crippen LogP contribution < -0.4 is 0 Å². The first-order valence-electron chi connectivity index (χ1n) is 6.47. The van der Waals surface area contributed by atoms with Crippen molar-refractivity contribution in [3.05, 3.63) is 0 Å². The molecule has 0 amide bonds. The molecule has 0 aliphatic heterocycles. The van der Waals surface area contributed by atoms with Gasteiger partial charge in [-0.25, -0.2) is 0 Å². The van der Waals surface area contributed by atoms with Crippen LogP contribution in [0.15, 0.2) is 0 Å². The summed E-state index contributed by atoms with van der Waals surface area (Å²) in [5, 5.41) is 0. The van der Waals surface area contributed by atoms with Crippen LogP contribution >= 0.6 is 0 Å². The predicted octanol–water partition coefficient (Wildman–Crippen LogP) is 2.76. The topological polar surface area (TPSA) is 43.4 Å². The number of methoxy groups -OCH3 is 1. The second-order valence-corrected chi connectivity index (χ2v) is 6.16. The SMILES string of the molecule is CCCCC(CC)CS(=O)CC(C)C(=O)OC. The van der Waals surface area contributed by atoms with Crippen LogP contribution in [0.2, 0.25) is 0 Å². The van der Waals surface area contributed by atoms with E-state index in [4.69, 9.17) is 0 Å². The monoisotopic (exact) mass is 262 g/mol. The van der Waals surface area contributed by atoms with Crippen LogP contribution in [-0.2, 0) is 20.3 Å². The van der Waals surface area contributed by atoms with Crippen LogP contribution in [0.1, 0.15) is 46.5 Å². The molecule has 0 bridgehead atoms. The van der Waals surface area contributed by atoms with Crippen molar-refractivity contribution in [2.24, 2.45) is 11.8 Å². The minimum absolute atomic E-state index is 0.260. The molecule has 0 saturated carbocycles. The molecule has 0 radical (unpaired) electrons. The normalized spacial score (nSPS) is 16.2. The van der Waals surface area contributed by atoms with E-state index >= 15 is 0 Å². The summed E-state index contributed by atoms with van der Waals surface area (Å²) < 4.78 is 16.5. The largest absolute Gasteiger partial charge is 0.469 e. The molecule has 0 aromatic heterocycles. The summed E-state index contributed by atoms with van der Waals surface area (Å²) in [5.41, 5.74) is 0. The van der Waals surface area contributed by atoms with E-state index in [2.05, 4.69) is 18.6 Å². The van der Waals surface area contributed by atoms with Gasteiger partial charge in [0.1, 0.15) is 0 Å². The van der Waals surface area contributed by atoms with Crippen LogP contribution in [0.25, 0.3) is 0 Å². The third-order valence-corrected chi connectivity index (χ3v) is 4.72. The highest BCUT2D eigenvalue weighted by atomic mass is 32.2. The van der Waals surface area contributed by atoms with Gasteiger partial charge in [-0.15, -0.1) is 0 Å². The summed E-state index contributed by atoms with van der Waals surface area (Å²) >= 11 is 0. The Bertz CT molecular complexity index is 241. The van der Waals surface area contributed by atoms with Gasteiger partial charge in [-0.3, -0.25) is 9.00 Å². The number of rotatable bonds is 9. The van der Waals surface area contributed by atoms with Gasteiger partial charge in [0.2, 0.25) is 0 Å². The van der Waals surface area contributed by atoms with Gasteiger partial charge in [0.15, 0.2) is 0 Å². The molecule has 0 rings (SSSR count). The summed E-state index contributed by atoms with van der Waals surface area (Å²) in [6.45, 7) is 6.08. The van der Waals surface area contributed by atoms with Gasteiger partial charge < -0.3 is 4.74 Å². The maximum atomic E-state index is 11.9. The van der Waals surface area contributed by atoms with E-state index in [-0.39, 0.29) is 11.9 Å². The molecule has 102 valence electrons. The van der Waals surface area contributed by atoms with Gasteiger partial charge in [0, 0.05) is 22.3 Å².